The van der Waals surface area contributed by atoms with E-state index in [1.807, 2.05) is 0 Å². The summed E-state index contributed by atoms with van der Waals surface area (Å²) in [5.41, 5.74) is -0.0115. The first-order chi connectivity index (χ1) is 8.66. The van der Waals surface area contributed by atoms with Crippen molar-refractivity contribution in [2.75, 3.05) is 13.1 Å². The van der Waals surface area contributed by atoms with E-state index in [9.17, 15) is 9.59 Å². The summed E-state index contributed by atoms with van der Waals surface area (Å²) in [6, 6.07) is 1.77. The van der Waals surface area contributed by atoms with E-state index in [1.165, 1.54) is 12.8 Å². The van der Waals surface area contributed by atoms with Crippen LogP contribution in [0.1, 0.15) is 40.3 Å². The Morgan fingerprint density at radius 2 is 2.22 bits per heavy atom. The fourth-order valence-corrected chi connectivity index (χ4v) is 1.46. The minimum absolute atomic E-state index is 0.0115. The third-order valence-electron chi connectivity index (χ3n) is 2.60. The van der Waals surface area contributed by atoms with Gasteiger partial charge < -0.3 is 20.3 Å². The average molecular weight is 253 g/mol. The monoisotopic (exact) mass is 253 g/mol. The second kappa shape index (κ2) is 5.63. The summed E-state index contributed by atoms with van der Waals surface area (Å²) >= 11 is 0. The van der Waals surface area contributed by atoms with Gasteiger partial charge in [0.05, 0.1) is 0 Å². The van der Waals surface area contributed by atoms with Crippen LogP contribution in [0.4, 0.5) is 0 Å². The second-order valence-corrected chi connectivity index (χ2v) is 4.22. The highest BCUT2D eigenvalue weighted by Gasteiger charge is 2.19. The maximum atomic E-state index is 11.5. The van der Waals surface area contributed by atoms with Gasteiger partial charge in [-0.25, -0.2) is 4.79 Å². The van der Waals surface area contributed by atoms with Crippen LogP contribution in [-0.2, 0) is 0 Å². The molecule has 18 heavy (non-hydrogen) atoms. The summed E-state index contributed by atoms with van der Waals surface area (Å²) in [5.74, 6) is -2.00. The van der Waals surface area contributed by atoms with Crippen LogP contribution in [0, 0.1) is 0 Å². The SMILES string of the molecule is O=C(NCCCNC1CC1)c1cc(C(=O)O)on1. The molecule has 98 valence electrons. The number of aromatic carboxylic acids is 1. The molecule has 7 heteroatoms. The van der Waals surface area contributed by atoms with E-state index >= 15 is 0 Å². The van der Waals surface area contributed by atoms with Gasteiger partial charge in [0.1, 0.15) is 0 Å². The third kappa shape index (κ3) is 3.56. The maximum absolute atomic E-state index is 11.5. The lowest BCUT2D eigenvalue weighted by Crippen LogP contribution is -2.28. The van der Waals surface area contributed by atoms with Gasteiger partial charge in [-0.3, -0.25) is 4.79 Å². The van der Waals surface area contributed by atoms with Crippen molar-refractivity contribution in [2.45, 2.75) is 25.3 Å². The molecule has 1 aromatic rings. The standard InChI is InChI=1S/C11H15N3O4/c15-10(8-6-9(11(16)17)18-14-8)13-5-1-4-12-7-2-3-7/h6-7,12H,1-5H2,(H,13,15)(H,16,17). The smallest absolute Gasteiger partial charge is 0.374 e. The van der Waals surface area contributed by atoms with Crippen LogP contribution >= 0.6 is 0 Å². The number of carboxylic acid groups (broad SMARTS) is 1. The lowest BCUT2D eigenvalue weighted by molar-refractivity contribution is 0.0651. The quantitative estimate of drug-likeness (QED) is 0.601. The van der Waals surface area contributed by atoms with Gasteiger partial charge in [0.25, 0.3) is 5.91 Å². The molecular formula is C11H15N3O4. The Morgan fingerprint density at radius 1 is 1.44 bits per heavy atom. The summed E-state index contributed by atoms with van der Waals surface area (Å²) < 4.78 is 4.49. The summed E-state index contributed by atoms with van der Waals surface area (Å²) in [6.45, 7) is 1.39. The van der Waals surface area contributed by atoms with Crippen molar-refractivity contribution >= 4 is 11.9 Å². The molecule has 1 fully saturated rings. The molecule has 0 bridgehead atoms. The minimum Gasteiger partial charge on any atom is -0.475 e. The van der Waals surface area contributed by atoms with Crippen LogP contribution < -0.4 is 10.6 Å². The van der Waals surface area contributed by atoms with Crippen LogP contribution in [0.15, 0.2) is 10.6 Å². The van der Waals surface area contributed by atoms with Crippen molar-refractivity contribution in [3.63, 3.8) is 0 Å². The number of hydrogen-bond donors (Lipinski definition) is 3. The van der Waals surface area contributed by atoms with Gasteiger partial charge >= 0.3 is 5.97 Å². The summed E-state index contributed by atoms with van der Waals surface area (Å²) in [4.78, 5) is 22.1. The predicted molar refractivity (Wildman–Crippen MR) is 61.4 cm³/mol. The summed E-state index contributed by atoms with van der Waals surface area (Å²) in [7, 11) is 0. The number of nitrogens with zero attached hydrogens (tertiary/aromatic N) is 1. The van der Waals surface area contributed by atoms with Gasteiger partial charge in [0.2, 0.25) is 5.76 Å². The molecule has 1 heterocycles. The van der Waals surface area contributed by atoms with Crippen molar-refractivity contribution in [3.05, 3.63) is 17.5 Å². The first kappa shape index (κ1) is 12.6. The lowest BCUT2D eigenvalue weighted by Gasteiger charge is -2.03. The molecule has 0 unspecified atom stereocenters. The molecule has 1 aliphatic rings. The van der Waals surface area contributed by atoms with Gasteiger partial charge in [0.15, 0.2) is 5.69 Å². The Morgan fingerprint density at radius 3 is 2.83 bits per heavy atom. The predicted octanol–water partition coefficient (Wildman–Crippen LogP) is 0.245. The highest BCUT2D eigenvalue weighted by molar-refractivity contribution is 5.94. The average Bonchev–Trinajstić information content (AvgIpc) is 3.02. The normalized spacial score (nSPS) is 14.4. The molecule has 0 saturated heterocycles. The first-order valence-corrected chi connectivity index (χ1v) is 5.88. The molecule has 7 nitrogen and oxygen atoms in total. The fourth-order valence-electron chi connectivity index (χ4n) is 1.46. The van der Waals surface area contributed by atoms with E-state index in [1.54, 1.807) is 0 Å². The molecule has 0 spiro atoms. The molecule has 1 amide bonds. The number of aromatic nitrogens is 1. The van der Waals surface area contributed by atoms with Gasteiger partial charge in [-0.2, -0.15) is 0 Å². The van der Waals surface area contributed by atoms with Crippen molar-refractivity contribution in [1.82, 2.24) is 15.8 Å². The number of carboxylic acids is 1. The van der Waals surface area contributed by atoms with Crippen molar-refractivity contribution in [2.24, 2.45) is 0 Å². The van der Waals surface area contributed by atoms with E-state index in [4.69, 9.17) is 5.11 Å². The van der Waals surface area contributed by atoms with E-state index < -0.39 is 11.9 Å². The summed E-state index contributed by atoms with van der Waals surface area (Å²) in [6.07, 6.45) is 3.30. The molecule has 1 aliphatic carbocycles. The molecule has 0 aromatic carbocycles. The highest BCUT2D eigenvalue weighted by atomic mass is 16.5. The Labute approximate surface area is 104 Å². The largest absolute Gasteiger partial charge is 0.475 e. The topological polar surface area (TPSA) is 104 Å². The number of nitrogens with one attached hydrogen (secondary N) is 2. The van der Waals surface area contributed by atoms with E-state index in [2.05, 4.69) is 20.3 Å². The Hall–Kier alpha value is -1.89. The Balaban J connectivity index is 1.67. The molecule has 2 rings (SSSR count). The zero-order chi connectivity index (χ0) is 13.0. The lowest BCUT2D eigenvalue weighted by atomic mass is 10.3. The van der Waals surface area contributed by atoms with Gasteiger partial charge in [-0.05, 0) is 25.8 Å². The third-order valence-corrected chi connectivity index (χ3v) is 2.60. The van der Waals surface area contributed by atoms with Crippen molar-refractivity contribution in [1.29, 1.82) is 0 Å². The van der Waals surface area contributed by atoms with Gasteiger partial charge in [-0.1, -0.05) is 5.16 Å². The van der Waals surface area contributed by atoms with E-state index in [-0.39, 0.29) is 11.5 Å². The van der Waals surface area contributed by atoms with Crippen LogP contribution in [-0.4, -0.2) is 41.3 Å². The number of amides is 1. The first-order valence-electron chi connectivity index (χ1n) is 5.88. The number of rotatable bonds is 7. The van der Waals surface area contributed by atoms with Gasteiger partial charge in [0, 0.05) is 18.7 Å². The fraction of sp³-hybridized carbons (Fsp3) is 0.545. The maximum Gasteiger partial charge on any atom is 0.374 e. The van der Waals surface area contributed by atoms with Crippen molar-refractivity contribution < 1.29 is 19.2 Å². The zero-order valence-electron chi connectivity index (χ0n) is 9.81. The zero-order valence-corrected chi connectivity index (χ0v) is 9.81. The Bertz CT molecular complexity index is 439. The second-order valence-electron chi connectivity index (χ2n) is 4.22. The van der Waals surface area contributed by atoms with E-state index in [0.717, 1.165) is 19.0 Å². The van der Waals surface area contributed by atoms with Crippen LogP contribution in [0.25, 0.3) is 0 Å². The number of hydrogen-bond acceptors (Lipinski definition) is 5. The molecule has 0 radical (unpaired) electrons. The molecule has 0 aliphatic heterocycles. The number of carbonyl (C=O) groups excluding carboxylic acids is 1. The van der Waals surface area contributed by atoms with E-state index in [0.29, 0.717) is 12.6 Å². The minimum atomic E-state index is -1.24. The molecular weight excluding hydrogens is 238 g/mol. The van der Waals surface area contributed by atoms with Gasteiger partial charge in [-0.15, -0.1) is 0 Å². The van der Waals surface area contributed by atoms with Crippen LogP contribution in [0.2, 0.25) is 0 Å². The van der Waals surface area contributed by atoms with Crippen LogP contribution in [0.3, 0.4) is 0 Å². The molecule has 3 N–H and O–H groups in total. The summed E-state index contributed by atoms with van der Waals surface area (Å²) in [5, 5.41) is 18.0. The Kier molecular flexibility index (Phi) is 3.93. The number of carbonyl (C=O) groups is 2. The highest BCUT2D eigenvalue weighted by Crippen LogP contribution is 2.18. The van der Waals surface area contributed by atoms with Crippen molar-refractivity contribution in [3.8, 4) is 0 Å². The molecule has 1 saturated carbocycles. The molecule has 1 aromatic heterocycles. The van der Waals surface area contributed by atoms with Crippen LogP contribution in [0.5, 0.6) is 0 Å². The molecule has 0 atom stereocenters.